The summed E-state index contributed by atoms with van der Waals surface area (Å²) in [5.74, 6) is -0.234. The first-order valence-corrected chi connectivity index (χ1v) is 6.74. The lowest BCUT2D eigenvalue weighted by Crippen LogP contribution is -2.42. The number of esters is 1. The fourth-order valence-electron chi connectivity index (χ4n) is 1.96. The van der Waals surface area contributed by atoms with Crippen LogP contribution in [0.4, 0.5) is 0 Å². The molecule has 0 aliphatic carbocycles. The van der Waals surface area contributed by atoms with E-state index in [1.54, 1.807) is 0 Å². The van der Waals surface area contributed by atoms with Crippen molar-refractivity contribution in [2.45, 2.75) is 6.42 Å². The molecule has 1 rings (SSSR count). The highest BCUT2D eigenvalue weighted by molar-refractivity contribution is 9.10. The van der Waals surface area contributed by atoms with Gasteiger partial charge in [-0.25, -0.2) is 0 Å². The molecule has 0 amide bonds. The van der Waals surface area contributed by atoms with Crippen molar-refractivity contribution < 1.29 is 14.0 Å². The molecule has 3 nitrogen and oxygen atoms in total. The number of hydrogen-bond acceptors (Lipinski definition) is 2. The van der Waals surface area contributed by atoms with Gasteiger partial charge in [-0.2, -0.15) is 0 Å². The Bertz CT molecular complexity index is 395. The Balaban J connectivity index is 2.78. The minimum atomic E-state index is -0.133. The van der Waals surface area contributed by atoms with E-state index in [1.165, 1.54) is 7.11 Å². The molecule has 0 bridgehead atoms. The van der Waals surface area contributed by atoms with Crippen molar-refractivity contribution in [3.05, 3.63) is 34.3 Å². The smallest absolute Gasteiger partial charge is 0.314 e. The van der Waals surface area contributed by atoms with E-state index in [1.807, 2.05) is 24.3 Å². The molecule has 1 unspecified atom stereocenters. The summed E-state index contributed by atoms with van der Waals surface area (Å²) in [6.07, 6.45) is 0.718. The molecular weight excluding hydrogens is 294 g/mol. The molecule has 0 fully saturated rings. The molecule has 18 heavy (non-hydrogen) atoms. The second-order valence-corrected chi connectivity index (χ2v) is 6.44. The highest BCUT2D eigenvalue weighted by atomic mass is 79.9. The average Bonchev–Trinajstić information content (AvgIpc) is 2.28. The SMILES string of the molecule is COC(=O)C(Cc1ccc(Br)cc1)C[N+](C)(C)C. The van der Waals surface area contributed by atoms with Gasteiger partial charge < -0.3 is 9.22 Å². The zero-order valence-electron chi connectivity index (χ0n) is 11.4. The van der Waals surface area contributed by atoms with Crippen molar-refractivity contribution in [3.8, 4) is 0 Å². The van der Waals surface area contributed by atoms with Crippen LogP contribution >= 0.6 is 15.9 Å². The Hall–Kier alpha value is -0.870. The number of nitrogens with zero attached hydrogens (tertiary/aromatic N) is 1. The van der Waals surface area contributed by atoms with Crippen LogP contribution in [0, 0.1) is 5.92 Å². The summed E-state index contributed by atoms with van der Waals surface area (Å²) >= 11 is 3.41. The molecule has 1 atom stereocenters. The zero-order chi connectivity index (χ0) is 13.8. The molecule has 100 valence electrons. The number of quaternary nitrogens is 1. The third-order valence-corrected chi connectivity index (χ3v) is 3.23. The summed E-state index contributed by atoms with van der Waals surface area (Å²) in [6.45, 7) is 0.767. The molecule has 0 aliphatic heterocycles. The largest absolute Gasteiger partial charge is 0.469 e. The van der Waals surface area contributed by atoms with Crippen LogP contribution in [0.1, 0.15) is 5.56 Å². The van der Waals surface area contributed by atoms with Crippen LogP contribution in [0.3, 0.4) is 0 Å². The average molecular weight is 315 g/mol. The van der Waals surface area contributed by atoms with Gasteiger partial charge in [0, 0.05) is 4.47 Å². The lowest BCUT2D eigenvalue weighted by molar-refractivity contribution is -0.872. The summed E-state index contributed by atoms with van der Waals surface area (Å²) < 4.78 is 6.69. The third-order valence-electron chi connectivity index (χ3n) is 2.70. The van der Waals surface area contributed by atoms with E-state index in [9.17, 15) is 4.79 Å². The first kappa shape index (κ1) is 15.2. The van der Waals surface area contributed by atoms with Gasteiger partial charge in [0.15, 0.2) is 0 Å². The summed E-state index contributed by atoms with van der Waals surface area (Å²) in [6, 6.07) is 8.07. The second-order valence-electron chi connectivity index (χ2n) is 5.52. The summed E-state index contributed by atoms with van der Waals surface area (Å²) in [7, 11) is 7.69. The number of ether oxygens (including phenoxy) is 1. The van der Waals surface area contributed by atoms with Crippen molar-refractivity contribution in [1.82, 2.24) is 0 Å². The van der Waals surface area contributed by atoms with Gasteiger partial charge in [0.2, 0.25) is 0 Å². The van der Waals surface area contributed by atoms with E-state index in [0.717, 1.165) is 27.5 Å². The normalized spacial score (nSPS) is 13.2. The number of hydrogen-bond donors (Lipinski definition) is 0. The minimum Gasteiger partial charge on any atom is -0.469 e. The Kier molecular flexibility index (Phi) is 5.35. The maximum Gasteiger partial charge on any atom is 0.314 e. The van der Waals surface area contributed by atoms with Gasteiger partial charge in [0.05, 0.1) is 34.8 Å². The van der Waals surface area contributed by atoms with E-state index in [-0.39, 0.29) is 11.9 Å². The Morgan fingerprint density at radius 1 is 1.28 bits per heavy atom. The Morgan fingerprint density at radius 2 is 1.83 bits per heavy atom. The molecule has 0 spiro atoms. The Morgan fingerprint density at radius 3 is 2.28 bits per heavy atom. The molecule has 0 saturated heterocycles. The number of carbonyl (C=O) groups excluding carboxylic acids is 1. The first-order valence-electron chi connectivity index (χ1n) is 5.94. The fourth-order valence-corrected chi connectivity index (χ4v) is 2.22. The summed E-state index contributed by atoms with van der Waals surface area (Å²) in [5.41, 5.74) is 1.15. The summed E-state index contributed by atoms with van der Waals surface area (Å²) in [5, 5.41) is 0. The lowest BCUT2D eigenvalue weighted by Gasteiger charge is -2.28. The first-order chi connectivity index (χ1) is 8.31. The molecule has 1 aromatic carbocycles. The van der Waals surface area contributed by atoms with Gasteiger partial charge in [-0.05, 0) is 24.1 Å². The van der Waals surface area contributed by atoms with Crippen molar-refractivity contribution >= 4 is 21.9 Å². The van der Waals surface area contributed by atoms with E-state index in [0.29, 0.717) is 0 Å². The Labute approximate surface area is 117 Å². The number of halogens is 1. The minimum absolute atomic E-state index is 0.101. The van der Waals surface area contributed by atoms with Crippen LogP contribution in [0.15, 0.2) is 28.7 Å². The van der Waals surface area contributed by atoms with Crippen LogP contribution in [0.25, 0.3) is 0 Å². The van der Waals surface area contributed by atoms with E-state index >= 15 is 0 Å². The highest BCUT2D eigenvalue weighted by Crippen LogP contribution is 2.16. The number of carbonyl (C=O) groups is 1. The highest BCUT2D eigenvalue weighted by Gasteiger charge is 2.26. The maximum atomic E-state index is 11.8. The molecule has 0 radical (unpaired) electrons. The molecule has 0 saturated carbocycles. The molecule has 0 aromatic heterocycles. The van der Waals surface area contributed by atoms with Gasteiger partial charge in [-0.1, -0.05) is 28.1 Å². The van der Waals surface area contributed by atoms with E-state index in [4.69, 9.17) is 4.74 Å². The number of methoxy groups -OCH3 is 1. The fraction of sp³-hybridized carbons (Fsp3) is 0.500. The van der Waals surface area contributed by atoms with Gasteiger partial charge in [-0.15, -0.1) is 0 Å². The van der Waals surface area contributed by atoms with Crippen LogP contribution in [-0.2, 0) is 16.0 Å². The van der Waals surface area contributed by atoms with E-state index < -0.39 is 0 Å². The summed E-state index contributed by atoms with van der Waals surface area (Å²) in [4.78, 5) is 11.8. The van der Waals surface area contributed by atoms with Gasteiger partial charge in [0.25, 0.3) is 0 Å². The van der Waals surface area contributed by atoms with Crippen LogP contribution in [-0.4, -0.2) is 45.2 Å². The van der Waals surface area contributed by atoms with Gasteiger partial charge in [0.1, 0.15) is 5.92 Å². The van der Waals surface area contributed by atoms with Crippen molar-refractivity contribution in [2.24, 2.45) is 5.92 Å². The molecule has 0 N–H and O–H groups in total. The molecule has 0 aliphatic rings. The van der Waals surface area contributed by atoms with Crippen molar-refractivity contribution in [3.63, 3.8) is 0 Å². The lowest BCUT2D eigenvalue weighted by atomic mass is 9.98. The molecule has 0 heterocycles. The molecular formula is C14H21BrNO2+. The van der Waals surface area contributed by atoms with E-state index in [2.05, 4.69) is 37.1 Å². The quantitative estimate of drug-likeness (QED) is 0.616. The van der Waals surface area contributed by atoms with Gasteiger partial charge >= 0.3 is 5.97 Å². The van der Waals surface area contributed by atoms with Crippen LogP contribution < -0.4 is 0 Å². The molecule has 4 heteroatoms. The molecule has 1 aromatic rings. The van der Waals surface area contributed by atoms with Crippen LogP contribution in [0.5, 0.6) is 0 Å². The maximum absolute atomic E-state index is 11.8. The third kappa shape index (κ3) is 5.19. The standard InChI is InChI=1S/C14H21BrNO2/c1-16(2,3)10-12(14(17)18-4)9-11-5-7-13(15)8-6-11/h5-8,12H,9-10H2,1-4H3/q+1. The van der Waals surface area contributed by atoms with Crippen molar-refractivity contribution in [2.75, 3.05) is 34.8 Å². The van der Waals surface area contributed by atoms with Crippen LogP contribution in [0.2, 0.25) is 0 Å². The monoisotopic (exact) mass is 314 g/mol. The number of rotatable bonds is 5. The van der Waals surface area contributed by atoms with Crippen molar-refractivity contribution in [1.29, 1.82) is 0 Å². The predicted molar refractivity (Wildman–Crippen MR) is 76.3 cm³/mol. The zero-order valence-corrected chi connectivity index (χ0v) is 13.0. The topological polar surface area (TPSA) is 26.3 Å². The van der Waals surface area contributed by atoms with Gasteiger partial charge in [-0.3, -0.25) is 4.79 Å². The second kappa shape index (κ2) is 6.34. The predicted octanol–water partition coefficient (Wildman–Crippen LogP) is 2.49. The number of benzene rings is 1.